The number of hydrogen-bond donors (Lipinski definition) is 0. The molecule has 0 heterocycles. The number of hydrogen-bond acceptors (Lipinski definition) is 3. The van der Waals surface area contributed by atoms with Gasteiger partial charge in [0.15, 0.2) is 0 Å². The molecule has 0 radical (unpaired) electrons. The third-order valence-electron chi connectivity index (χ3n) is 14.4. The first-order chi connectivity index (χ1) is 30.9. The predicted octanol–water partition coefficient (Wildman–Crippen LogP) is 16.3. The van der Waals surface area contributed by atoms with Crippen LogP contribution in [0.15, 0.2) is 107 Å². The Hall–Kier alpha value is -1.17. The van der Waals surface area contributed by atoms with Crippen LogP contribution < -0.4 is 31.6 Å². The van der Waals surface area contributed by atoms with Crippen LogP contribution in [0.1, 0.15) is 151 Å². The Bertz CT molecular complexity index is 1690. The second-order valence-electron chi connectivity index (χ2n) is 18.9. The van der Waals surface area contributed by atoms with Crippen LogP contribution in [-0.2, 0) is 0 Å². The summed E-state index contributed by atoms with van der Waals surface area (Å²) in [4.78, 5) is 2.90. The first-order valence-corrected chi connectivity index (χ1v) is 36.0. The van der Waals surface area contributed by atoms with Crippen molar-refractivity contribution in [2.45, 2.75) is 203 Å². The second-order valence-corrected chi connectivity index (χ2v) is 34.2. The molecule has 0 bridgehead atoms. The van der Waals surface area contributed by atoms with Gasteiger partial charge in [0.25, 0.3) is 0 Å². The minimum Gasteiger partial charge on any atom is -0.242 e. The molecule has 4 aromatic carbocycles. The fourth-order valence-electron chi connectivity index (χ4n) is 10.7. The van der Waals surface area contributed by atoms with Crippen LogP contribution in [0.2, 0.25) is 36.3 Å². The van der Waals surface area contributed by atoms with Gasteiger partial charge in [-0.3, -0.25) is 0 Å². The van der Waals surface area contributed by atoms with Crippen molar-refractivity contribution < 1.29 is 0 Å². The number of nitrogens with zero attached hydrogens (tertiary/aromatic N) is 1. The fourth-order valence-corrected chi connectivity index (χ4v) is 30.3. The van der Waals surface area contributed by atoms with Crippen LogP contribution in [0, 0.1) is 0 Å². The summed E-state index contributed by atoms with van der Waals surface area (Å²) < 4.78 is 3.21. The summed E-state index contributed by atoms with van der Waals surface area (Å²) >= 11 is 3.91. The van der Waals surface area contributed by atoms with Crippen molar-refractivity contribution in [3.05, 3.63) is 97.1 Å². The zero-order valence-corrected chi connectivity index (χ0v) is 46.7. The molecule has 5 rings (SSSR count). The van der Waals surface area contributed by atoms with E-state index in [0.29, 0.717) is 6.04 Å². The first-order valence-electron chi connectivity index (χ1n) is 25.8. The van der Waals surface area contributed by atoms with E-state index in [1.165, 1.54) is 155 Å². The van der Waals surface area contributed by atoms with Gasteiger partial charge in [-0.1, -0.05) is 269 Å². The topological polar surface area (TPSA) is 3.24 Å². The Kier molecular flexibility index (Phi) is 23.7. The Balaban J connectivity index is 1.77. The maximum absolute atomic E-state index is 3.21. The lowest BCUT2D eigenvalue weighted by Crippen LogP contribution is -2.48. The molecule has 0 saturated heterocycles. The van der Waals surface area contributed by atoms with E-state index >= 15 is 0 Å². The van der Waals surface area contributed by atoms with E-state index in [-0.39, 0.29) is 0 Å². The Morgan fingerprint density at radius 1 is 0.444 bits per heavy atom. The molecule has 0 amide bonds. The molecule has 0 spiro atoms. The van der Waals surface area contributed by atoms with Crippen molar-refractivity contribution in [2.75, 3.05) is 12.5 Å². The van der Waals surface area contributed by atoms with Gasteiger partial charge in [-0.25, -0.2) is 4.44 Å². The van der Waals surface area contributed by atoms with Crippen LogP contribution in [-0.4, -0.2) is 39.1 Å². The van der Waals surface area contributed by atoms with Crippen LogP contribution in [0.3, 0.4) is 0 Å². The molecule has 2 atom stereocenters. The van der Waals surface area contributed by atoms with Crippen molar-refractivity contribution in [3.63, 3.8) is 0 Å². The Morgan fingerprint density at radius 2 is 0.762 bits per heavy atom. The minimum atomic E-state index is -1.64. The van der Waals surface area contributed by atoms with Crippen molar-refractivity contribution in [1.29, 1.82) is 0 Å². The van der Waals surface area contributed by atoms with Crippen molar-refractivity contribution in [3.8, 4) is 0 Å². The van der Waals surface area contributed by atoms with E-state index in [1.807, 2.05) is 23.5 Å². The smallest absolute Gasteiger partial charge is 0.0867 e. The highest BCUT2D eigenvalue weighted by Crippen LogP contribution is 2.59. The Labute approximate surface area is 401 Å². The van der Waals surface area contributed by atoms with Gasteiger partial charge in [-0.15, -0.1) is 23.5 Å². The molecular formula is C56H87NP2S2Si2. The van der Waals surface area contributed by atoms with Crippen molar-refractivity contribution >= 4 is 87.4 Å². The van der Waals surface area contributed by atoms with E-state index in [9.17, 15) is 0 Å². The summed E-state index contributed by atoms with van der Waals surface area (Å²) in [6, 6.07) is 49.8. The highest BCUT2D eigenvalue weighted by Gasteiger charge is 2.41. The van der Waals surface area contributed by atoms with E-state index < -0.39 is 32.3 Å². The van der Waals surface area contributed by atoms with E-state index in [1.54, 1.807) is 31.6 Å². The van der Waals surface area contributed by atoms with Gasteiger partial charge in [-0.2, -0.15) is 0 Å². The molecule has 1 fully saturated rings. The van der Waals surface area contributed by atoms with Gasteiger partial charge < -0.3 is 0 Å². The predicted molar refractivity (Wildman–Crippen MR) is 299 cm³/mol. The number of thioether (sulfide) groups is 2. The molecule has 1 aliphatic carbocycles. The molecule has 0 N–H and O–H groups in total. The monoisotopic (exact) mass is 956 g/mol. The number of rotatable bonds is 29. The second kappa shape index (κ2) is 28.2. The zero-order chi connectivity index (χ0) is 44.9. The quantitative estimate of drug-likeness (QED) is 0.0303. The summed E-state index contributed by atoms with van der Waals surface area (Å²) in [6.07, 6.45) is 27.3. The SMILES string of the molecule is CCCC[Si](CCCC)(CCCC)c1ccc(P(c2ccccc2SC)N(C2CCCCC2)P(c2ccc([Si](CCCC)(CCCC)CCCC)cc2)c2ccccc2SC)cc1. The minimum absolute atomic E-state index is 0.541. The Morgan fingerprint density at radius 3 is 1.06 bits per heavy atom. The van der Waals surface area contributed by atoms with Crippen LogP contribution >= 0.6 is 39.7 Å². The van der Waals surface area contributed by atoms with E-state index in [4.69, 9.17) is 0 Å². The van der Waals surface area contributed by atoms with E-state index in [0.717, 1.165) is 0 Å². The normalized spacial score (nSPS) is 14.9. The molecule has 7 heteroatoms. The summed E-state index contributed by atoms with van der Waals surface area (Å²) in [5.74, 6) is 0. The zero-order valence-electron chi connectivity index (χ0n) is 41.2. The highest BCUT2D eigenvalue weighted by molar-refractivity contribution is 8.00. The average molecular weight is 957 g/mol. The molecule has 346 valence electrons. The lowest BCUT2D eigenvalue weighted by Gasteiger charge is -2.46. The molecule has 0 aliphatic heterocycles. The van der Waals surface area contributed by atoms with Crippen molar-refractivity contribution in [2.24, 2.45) is 0 Å². The summed E-state index contributed by atoms with van der Waals surface area (Å²) in [7, 11) is -4.98. The van der Waals surface area contributed by atoms with Crippen LogP contribution in [0.5, 0.6) is 0 Å². The molecule has 2 unspecified atom stereocenters. The third-order valence-corrected chi connectivity index (χ3v) is 33.1. The summed E-state index contributed by atoms with van der Waals surface area (Å²) in [5.41, 5.74) is 0. The summed E-state index contributed by atoms with van der Waals surface area (Å²) in [5, 5.41) is 9.71. The molecular weight excluding hydrogens is 869 g/mol. The van der Waals surface area contributed by atoms with Crippen LogP contribution in [0.25, 0.3) is 0 Å². The van der Waals surface area contributed by atoms with Gasteiger partial charge in [-0.05, 0) is 48.1 Å². The highest BCUT2D eigenvalue weighted by atomic mass is 32.2. The van der Waals surface area contributed by atoms with Gasteiger partial charge >= 0.3 is 0 Å². The summed E-state index contributed by atoms with van der Waals surface area (Å²) in [6.45, 7) is 14.4. The standard InChI is InChI=1S/C56H87NP2S2Si2/c1-9-15-42-62(43-16-10-2,44-17-11-3)51-38-34-49(35-39-51)58(53-30-24-26-32-55(53)60-7)57(48-28-22-21-23-29-48)59(54-31-25-27-33-56(54)61-8)50-36-40-52(41-37-50)63(45-18-12-4,46-19-13-5)47-20-14-6/h24-27,30-41,48H,9-23,28-29,42-47H2,1-8H3. The molecule has 1 aliphatic rings. The number of benzene rings is 4. The third kappa shape index (κ3) is 14.0. The maximum Gasteiger partial charge on any atom is 0.0867 e. The van der Waals surface area contributed by atoms with Gasteiger partial charge in [0, 0.05) is 42.6 Å². The lowest BCUT2D eigenvalue weighted by molar-refractivity contribution is 0.355. The van der Waals surface area contributed by atoms with Gasteiger partial charge in [0.1, 0.15) is 0 Å². The molecule has 1 nitrogen and oxygen atoms in total. The van der Waals surface area contributed by atoms with E-state index in [2.05, 4.69) is 156 Å². The molecule has 63 heavy (non-hydrogen) atoms. The number of unbranched alkanes of at least 4 members (excludes halogenated alkanes) is 6. The lowest BCUT2D eigenvalue weighted by atomic mass is 9.96. The van der Waals surface area contributed by atoms with Crippen LogP contribution in [0.4, 0.5) is 0 Å². The first kappa shape index (κ1) is 52.8. The van der Waals surface area contributed by atoms with Crippen molar-refractivity contribution in [1.82, 2.24) is 4.44 Å². The largest absolute Gasteiger partial charge is 0.242 e. The molecule has 4 aromatic rings. The maximum atomic E-state index is 3.21. The average Bonchev–Trinajstić information content (AvgIpc) is 3.34. The fraction of sp³-hybridized carbons (Fsp3) is 0.571. The molecule has 1 saturated carbocycles. The van der Waals surface area contributed by atoms with Gasteiger partial charge in [0.05, 0.1) is 16.1 Å². The molecule has 0 aromatic heterocycles. The van der Waals surface area contributed by atoms with Gasteiger partial charge in [0.2, 0.25) is 0 Å².